The molecular formula is C28H27N5O3S. The summed E-state index contributed by atoms with van der Waals surface area (Å²) < 4.78 is 1.93. The van der Waals surface area contributed by atoms with E-state index in [4.69, 9.17) is 0 Å². The molecule has 0 spiro atoms. The molecule has 0 unspecified atom stereocenters. The summed E-state index contributed by atoms with van der Waals surface area (Å²) in [6, 6.07) is 24.4. The van der Waals surface area contributed by atoms with Gasteiger partial charge in [-0.25, -0.2) is 10.2 Å². The summed E-state index contributed by atoms with van der Waals surface area (Å²) in [4.78, 5) is 23.8. The van der Waals surface area contributed by atoms with Crippen molar-refractivity contribution in [1.29, 1.82) is 0 Å². The second kappa shape index (κ2) is 11.2. The van der Waals surface area contributed by atoms with Crippen LogP contribution in [0.25, 0.3) is 17.1 Å². The highest BCUT2D eigenvalue weighted by molar-refractivity contribution is 7.99. The van der Waals surface area contributed by atoms with E-state index in [0.717, 1.165) is 11.3 Å². The Bertz CT molecular complexity index is 1420. The van der Waals surface area contributed by atoms with Crippen LogP contribution in [0.15, 0.2) is 89.1 Å². The molecule has 1 heterocycles. The lowest BCUT2D eigenvalue weighted by atomic mass is 9.87. The van der Waals surface area contributed by atoms with E-state index < -0.39 is 5.97 Å². The van der Waals surface area contributed by atoms with Gasteiger partial charge in [0.1, 0.15) is 0 Å². The number of amides is 1. The van der Waals surface area contributed by atoms with E-state index >= 15 is 0 Å². The highest BCUT2D eigenvalue weighted by atomic mass is 32.2. The van der Waals surface area contributed by atoms with Crippen molar-refractivity contribution in [2.45, 2.75) is 31.3 Å². The van der Waals surface area contributed by atoms with Crippen molar-refractivity contribution < 1.29 is 14.7 Å². The molecular weight excluding hydrogens is 486 g/mol. The number of thioether (sulfide) groups is 1. The van der Waals surface area contributed by atoms with E-state index in [1.54, 1.807) is 18.2 Å². The summed E-state index contributed by atoms with van der Waals surface area (Å²) in [7, 11) is 0. The van der Waals surface area contributed by atoms with Crippen molar-refractivity contribution in [3.05, 3.63) is 95.6 Å². The normalized spacial score (nSPS) is 11.5. The van der Waals surface area contributed by atoms with Crippen molar-refractivity contribution in [1.82, 2.24) is 20.2 Å². The summed E-state index contributed by atoms with van der Waals surface area (Å²) >= 11 is 1.24. The Morgan fingerprint density at radius 3 is 2.32 bits per heavy atom. The third-order valence-electron chi connectivity index (χ3n) is 5.57. The number of carboxylic acids is 1. The fourth-order valence-corrected chi connectivity index (χ4v) is 4.36. The van der Waals surface area contributed by atoms with Gasteiger partial charge in [-0.2, -0.15) is 5.10 Å². The molecule has 0 saturated carbocycles. The Hall–Kier alpha value is -4.24. The van der Waals surface area contributed by atoms with Gasteiger partial charge in [-0.05, 0) is 29.2 Å². The van der Waals surface area contributed by atoms with Gasteiger partial charge in [0, 0.05) is 16.8 Å². The lowest BCUT2D eigenvalue weighted by molar-refractivity contribution is -0.118. The number of hydrogen-bond donors (Lipinski definition) is 2. The van der Waals surface area contributed by atoms with E-state index in [0.29, 0.717) is 16.5 Å². The molecule has 37 heavy (non-hydrogen) atoms. The molecule has 0 aliphatic rings. The zero-order valence-electron chi connectivity index (χ0n) is 20.8. The lowest BCUT2D eigenvalue weighted by Crippen LogP contribution is -2.20. The second-order valence-electron chi connectivity index (χ2n) is 9.28. The van der Waals surface area contributed by atoms with Crippen molar-refractivity contribution in [3.8, 4) is 17.1 Å². The van der Waals surface area contributed by atoms with Gasteiger partial charge in [-0.15, -0.1) is 10.2 Å². The van der Waals surface area contributed by atoms with Crippen LogP contribution in [0.4, 0.5) is 0 Å². The number of nitrogens with one attached hydrogen (secondary N) is 1. The third kappa shape index (κ3) is 6.31. The number of carboxylic acid groups (broad SMARTS) is 1. The first-order chi connectivity index (χ1) is 17.7. The van der Waals surface area contributed by atoms with Gasteiger partial charge in [0.05, 0.1) is 17.5 Å². The minimum atomic E-state index is -1.06. The van der Waals surface area contributed by atoms with Crippen LogP contribution >= 0.6 is 11.8 Å². The molecule has 0 radical (unpaired) electrons. The number of hydrogen-bond acceptors (Lipinski definition) is 6. The minimum Gasteiger partial charge on any atom is -0.478 e. The number of hydrazone groups is 1. The highest BCUT2D eigenvalue weighted by Crippen LogP contribution is 2.30. The van der Waals surface area contributed by atoms with E-state index in [2.05, 4.69) is 53.6 Å². The Labute approximate surface area is 219 Å². The van der Waals surface area contributed by atoms with Gasteiger partial charge in [0.25, 0.3) is 5.91 Å². The van der Waals surface area contributed by atoms with E-state index in [1.165, 1.54) is 29.6 Å². The molecule has 0 aliphatic carbocycles. The van der Waals surface area contributed by atoms with Crippen molar-refractivity contribution >= 4 is 29.9 Å². The van der Waals surface area contributed by atoms with Gasteiger partial charge in [-0.1, -0.05) is 93.2 Å². The van der Waals surface area contributed by atoms with Crippen LogP contribution in [-0.4, -0.2) is 43.7 Å². The number of benzene rings is 3. The average molecular weight is 514 g/mol. The Balaban J connectivity index is 1.51. The summed E-state index contributed by atoms with van der Waals surface area (Å²) in [5.74, 6) is -0.690. The molecule has 0 saturated heterocycles. The fourth-order valence-electron chi connectivity index (χ4n) is 3.62. The smallest absolute Gasteiger partial charge is 0.336 e. The predicted octanol–water partition coefficient (Wildman–Crippen LogP) is 5.17. The highest BCUT2D eigenvalue weighted by Gasteiger charge is 2.19. The van der Waals surface area contributed by atoms with Crippen LogP contribution in [0.2, 0.25) is 0 Å². The van der Waals surface area contributed by atoms with Crippen molar-refractivity contribution in [2.24, 2.45) is 5.10 Å². The molecule has 0 atom stereocenters. The molecule has 0 fully saturated rings. The topological polar surface area (TPSA) is 109 Å². The first kappa shape index (κ1) is 25.8. The molecule has 4 aromatic rings. The maximum Gasteiger partial charge on any atom is 0.336 e. The lowest BCUT2D eigenvalue weighted by Gasteiger charge is -2.19. The number of carbonyl (C=O) groups excluding carboxylic acids is 1. The number of nitrogens with zero attached hydrogens (tertiary/aromatic N) is 4. The summed E-state index contributed by atoms with van der Waals surface area (Å²) in [5.41, 5.74) is 6.01. The summed E-state index contributed by atoms with van der Waals surface area (Å²) in [6.45, 7) is 6.51. The molecule has 1 amide bonds. The SMILES string of the molecule is CC(C)(C)c1ccc(-c2nnc(SCC(=O)N/N=C\c3ccccc3C(=O)O)n2-c2ccccc2)cc1. The molecule has 0 bridgehead atoms. The standard InChI is InChI=1S/C28H27N5O3S/c1-28(2,3)21-15-13-19(14-16-21)25-31-32-27(33(25)22-10-5-4-6-11-22)37-18-24(34)30-29-17-20-9-7-8-12-23(20)26(35)36/h4-17H,18H2,1-3H3,(H,30,34)(H,35,36)/b29-17-. The number of rotatable bonds is 8. The van der Waals surface area contributed by atoms with Crippen molar-refractivity contribution in [3.63, 3.8) is 0 Å². The van der Waals surface area contributed by atoms with E-state index in [1.807, 2.05) is 47.0 Å². The van der Waals surface area contributed by atoms with Crippen LogP contribution in [0, 0.1) is 0 Å². The van der Waals surface area contributed by atoms with Crippen LogP contribution in [0.5, 0.6) is 0 Å². The van der Waals surface area contributed by atoms with Crippen LogP contribution < -0.4 is 5.43 Å². The molecule has 1 aromatic heterocycles. The number of aromatic carboxylic acids is 1. The van der Waals surface area contributed by atoms with Crippen LogP contribution in [0.3, 0.4) is 0 Å². The molecule has 0 aliphatic heterocycles. The average Bonchev–Trinajstić information content (AvgIpc) is 3.32. The van der Waals surface area contributed by atoms with Crippen molar-refractivity contribution in [2.75, 3.05) is 5.75 Å². The minimum absolute atomic E-state index is 0.0399. The van der Waals surface area contributed by atoms with Crippen LogP contribution in [0.1, 0.15) is 42.3 Å². The predicted molar refractivity (Wildman–Crippen MR) is 145 cm³/mol. The molecule has 4 rings (SSSR count). The maximum atomic E-state index is 12.5. The van der Waals surface area contributed by atoms with E-state index in [-0.39, 0.29) is 22.6 Å². The number of carbonyl (C=O) groups is 2. The number of para-hydroxylation sites is 1. The van der Waals surface area contributed by atoms with Gasteiger partial charge >= 0.3 is 5.97 Å². The number of aromatic nitrogens is 3. The molecule has 3 aromatic carbocycles. The Morgan fingerprint density at radius 2 is 1.65 bits per heavy atom. The van der Waals surface area contributed by atoms with Gasteiger partial charge < -0.3 is 5.11 Å². The largest absolute Gasteiger partial charge is 0.478 e. The quantitative estimate of drug-likeness (QED) is 0.191. The third-order valence-corrected chi connectivity index (χ3v) is 6.50. The van der Waals surface area contributed by atoms with Gasteiger partial charge in [0.15, 0.2) is 11.0 Å². The Morgan fingerprint density at radius 1 is 0.973 bits per heavy atom. The Kier molecular flexibility index (Phi) is 7.83. The monoisotopic (exact) mass is 513 g/mol. The zero-order valence-corrected chi connectivity index (χ0v) is 21.6. The maximum absolute atomic E-state index is 12.5. The molecule has 2 N–H and O–H groups in total. The first-order valence-corrected chi connectivity index (χ1v) is 12.6. The second-order valence-corrected chi connectivity index (χ2v) is 10.2. The van der Waals surface area contributed by atoms with Gasteiger partial charge in [0.2, 0.25) is 0 Å². The summed E-state index contributed by atoms with van der Waals surface area (Å²) in [6.07, 6.45) is 1.32. The fraction of sp³-hybridized carbons (Fsp3) is 0.179. The van der Waals surface area contributed by atoms with E-state index in [9.17, 15) is 14.7 Å². The van der Waals surface area contributed by atoms with Gasteiger partial charge in [-0.3, -0.25) is 9.36 Å². The van der Waals surface area contributed by atoms with Crippen LogP contribution in [-0.2, 0) is 10.2 Å². The molecule has 188 valence electrons. The molecule has 9 heteroatoms. The first-order valence-electron chi connectivity index (χ1n) is 11.6. The summed E-state index contributed by atoms with van der Waals surface area (Å²) in [5, 5.41) is 22.5. The molecule has 8 nitrogen and oxygen atoms in total. The zero-order chi connectivity index (χ0) is 26.4.